The molecule has 1 atom stereocenters. The monoisotopic (exact) mass is 444 g/mol. The molecule has 0 radical (unpaired) electrons. The highest BCUT2D eigenvalue weighted by Crippen LogP contribution is 2.41. The molecule has 1 unspecified atom stereocenters. The van der Waals surface area contributed by atoms with E-state index in [1.807, 2.05) is 26.0 Å². The highest BCUT2D eigenvalue weighted by atomic mass is 31.2. The third-order valence-corrected chi connectivity index (χ3v) is 5.41. The molecule has 0 aliphatic carbocycles. The maximum atomic E-state index is 11.9. The summed E-state index contributed by atoms with van der Waals surface area (Å²) in [5, 5.41) is 0. The molecule has 0 aliphatic rings. The van der Waals surface area contributed by atoms with Gasteiger partial charge < -0.3 is 14.4 Å². The van der Waals surface area contributed by atoms with E-state index in [-0.39, 0.29) is 25.2 Å². The molecule has 1 aromatic rings. The molecule has 9 heteroatoms. The van der Waals surface area contributed by atoms with Gasteiger partial charge in [0.25, 0.3) is 0 Å². The molecule has 0 fully saturated rings. The smallest absolute Gasteiger partial charge is 0.461 e. The number of carbonyl (C=O) groups excluding carboxylic acids is 2. The quantitative estimate of drug-likeness (QED) is 0.189. The number of hydrogen-bond acceptors (Lipinski definition) is 7. The van der Waals surface area contributed by atoms with E-state index in [0.29, 0.717) is 25.0 Å². The van der Waals surface area contributed by atoms with Crippen LogP contribution < -0.4 is 4.74 Å². The lowest BCUT2D eigenvalue weighted by Gasteiger charge is -2.13. The minimum Gasteiger partial charge on any atom is -0.461 e. The van der Waals surface area contributed by atoms with Gasteiger partial charge in [0.15, 0.2) is 0 Å². The van der Waals surface area contributed by atoms with Gasteiger partial charge in [-0.3, -0.25) is 18.6 Å². The van der Waals surface area contributed by atoms with E-state index < -0.39 is 7.82 Å². The SMILES string of the molecule is CCC(=O)Oc1c(C)cc(COC(=O)CCCCCCCOP(=O)(O)OC)cc1C. The van der Waals surface area contributed by atoms with Crippen LogP contribution in [0.5, 0.6) is 5.75 Å². The number of aryl methyl sites for hydroxylation is 2. The zero-order chi connectivity index (χ0) is 22.6. The molecule has 8 nitrogen and oxygen atoms in total. The summed E-state index contributed by atoms with van der Waals surface area (Å²) in [4.78, 5) is 32.5. The number of phosphoric ester groups is 1. The Hall–Kier alpha value is -1.73. The van der Waals surface area contributed by atoms with Gasteiger partial charge in [0.05, 0.1) is 6.61 Å². The van der Waals surface area contributed by atoms with E-state index >= 15 is 0 Å². The predicted molar refractivity (Wildman–Crippen MR) is 112 cm³/mol. The fourth-order valence-electron chi connectivity index (χ4n) is 2.84. The van der Waals surface area contributed by atoms with Crippen molar-refractivity contribution in [3.8, 4) is 5.75 Å². The average Bonchev–Trinajstić information content (AvgIpc) is 2.70. The number of ether oxygens (including phenoxy) is 2. The first-order valence-electron chi connectivity index (χ1n) is 10.2. The van der Waals surface area contributed by atoms with Crippen molar-refractivity contribution < 1.29 is 37.6 Å². The van der Waals surface area contributed by atoms with Gasteiger partial charge in [-0.2, -0.15) is 0 Å². The number of benzene rings is 1. The molecule has 1 N–H and O–H groups in total. The molecule has 0 aliphatic heterocycles. The molecule has 0 amide bonds. The molecule has 0 bridgehead atoms. The maximum Gasteiger partial charge on any atom is 0.471 e. The summed E-state index contributed by atoms with van der Waals surface area (Å²) in [6, 6.07) is 3.71. The van der Waals surface area contributed by atoms with Crippen LogP contribution in [0, 0.1) is 13.8 Å². The number of carbonyl (C=O) groups is 2. The molecular weight excluding hydrogens is 411 g/mol. The molecule has 0 aromatic heterocycles. The minimum atomic E-state index is -3.88. The van der Waals surface area contributed by atoms with E-state index in [1.165, 1.54) is 0 Å². The molecule has 1 rings (SSSR count). The highest BCUT2D eigenvalue weighted by Gasteiger charge is 2.17. The third-order valence-electron chi connectivity index (χ3n) is 4.43. The molecule has 1 aromatic carbocycles. The molecular formula is C21H33O8P. The van der Waals surface area contributed by atoms with E-state index in [2.05, 4.69) is 4.52 Å². The first kappa shape index (κ1) is 26.3. The van der Waals surface area contributed by atoms with E-state index in [1.54, 1.807) is 6.92 Å². The van der Waals surface area contributed by atoms with Crippen LogP contribution in [-0.2, 0) is 34.5 Å². The number of unbranched alkanes of at least 4 members (excludes halogenated alkanes) is 4. The Morgan fingerprint density at radius 2 is 1.60 bits per heavy atom. The standard InChI is InChI=1S/C21H33O8P/c1-5-19(22)29-21-16(2)13-18(14-17(21)3)15-27-20(23)11-9-7-6-8-10-12-28-30(24,25)26-4/h13-14H,5-12,15H2,1-4H3,(H,24,25). The zero-order valence-electron chi connectivity index (χ0n) is 18.3. The molecule has 0 heterocycles. The van der Waals surface area contributed by atoms with E-state index in [4.69, 9.17) is 18.9 Å². The average molecular weight is 444 g/mol. The van der Waals surface area contributed by atoms with Gasteiger partial charge in [-0.25, -0.2) is 4.57 Å². The normalized spacial score (nSPS) is 13.0. The minimum absolute atomic E-state index is 0.166. The lowest BCUT2D eigenvalue weighted by molar-refractivity contribution is -0.145. The number of hydrogen-bond donors (Lipinski definition) is 1. The summed E-state index contributed by atoms with van der Waals surface area (Å²) in [6.07, 6.45) is 4.63. The van der Waals surface area contributed by atoms with Crippen LogP contribution in [0.3, 0.4) is 0 Å². The van der Waals surface area contributed by atoms with Gasteiger partial charge in [0.2, 0.25) is 0 Å². The van der Waals surface area contributed by atoms with Crippen LogP contribution in [0.1, 0.15) is 68.6 Å². The Bertz CT molecular complexity index is 724. The summed E-state index contributed by atoms with van der Waals surface area (Å²) in [6.45, 7) is 5.81. The van der Waals surface area contributed by atoms with Crippen molar-refractivity contribution in [2.75, 3.05) is 13.7 Å². The van der Waals surface area contributed by atoms with E-state index in [0.717, 1.165) is 49.5 Å². The van der Waals surface area contributed by atoms with Gasteiger partial charge in [-0.05, 0) is 55.5 Å². The van der Waals surface area contributed by atoms with Gasteiger partial charge in [-0.1, -0.05) is 26.2 Å². The molecule has 170 valence electrons. The van der Waals surface area contributed by atoms with E-state index in [9.17, 15) is 14.2 Å². The van der Waals surface area contributed by atoms with Crippen LogP contribution in [0.25, 0.3) is 0 Å². The second-order valence-electron chi connectivity index (χ2n) is 7.05. The lowest BCUT2D eigenvalue weighted by Crippen LogP contribution is -2.09. The Balaban J connectivity index is 2.24. The Morgan fingerprint density at radius 1 is 1.00 bits per heavy atom. The van der Waals surface area contributed by atoms with Crippen molar-refractivity contribution >= 4 is 19.8 Å². The van der Waals surface area contributed by atoms with Crippen molar-refractivity contribution in [1.82, 2.24) is 0 Å². The fourth-order valence-corrected chi connectivity index (χ4v) is 3.31. The van der Waals surface area contributed by atoms with Crippen LogP contribution in [-0.4, -0.2) is 30.5 Å². The fraction of sp³-hybridized carbons (Fsp3) is 0.619. The van der Waals surface area contributed by atoms with Gasteiger partial charge in [0.1, 0.15) is 12.4 Å². The summed E-state index contributed by atoms with van der Waals surface area (Å²) in [5.41, 5.74) is 2.51. The zero-order valence-corrected chi connectivity index (χ0v) is 19.2. The summed E-state index contributed by atoms with van der Waals surface area (Å²) < 4.78 is 30.8. The van der Waals surface area contributed by atoms with Crippen LogP contribution in [0.15, 0.2) is 12.1 Å². The molecule has 30 heavy (non-hydrogen) atoms. The van der Waals surface area contributed by atoms with Crippen molar-refractivity contribution in [2.24, 2.45) is 0 Å². The summed E-state index contributed by atoms with van der Waals surface area (Å²) in [7, 11) is -2.76. The summed E-state index contributed by atoms with van der Waals surface area (Å²) >= 11 is 0. The lowest BCUT2D eigenvalue weighted by atomic mass is 10.1. The maximum absolute atomic E-state index is 11.9. The largest absolute Gasteiger partial charge is 0.471 e. The molecule has 0 saturated heterocycles. The van der Waals surface area contributed by atoms with Crippen molar-refractivity contribution in [3.63, 3.8) is 0 Å². The van der Waals surface area contributed by atoms with Crippen LogP contribution in [0.4, 0.5) is 0 Å². The van der Waals surface area contributed by atoms with Crippen LogP contribution >= 0.6 is 7.82 Å². The van der Waals surface area contributed by atoms with Gasteiger partial charge in [-0.15, -0.1) is 0 Å². The van der Waals surface area contributed by atoms with Gasteiger partial charge >= 0.3 is 19.8 Å². The predicted octanol–water partition coefficient (Wildman–Crippen LogP) is 4.77. The number of phosphoric acid groups is 1. The number of rotatable bonds is 14. The summed E-state index contributed by atoms with van der Waals surface area (Å²) in [5.74, 6) is 0.0269. The molecule has 0 saturated carbocycles. The molecule has 0 spiro atoms. The van der Waals surface area contributed by atoms with Crippen molar-refractivity contribution in [1.29, 1.82) is 0 Å². The van der Waals surface area contributed by atoms with Crippen LogP contribution in [0.2, 0.25) is 0 Å². The van der Waals surface area contributed by atoms with Crippen molar-refractivity contribution in [2.45, 2.75) is 72.3 Å². The Kier molecular flexibility index (Phi) is 11.9. The third kappa shape index (κ3) is 10.3. The first-order chi connectivity index (χ1) is 14.2. The second kappa shape index (κ2) is 13.5. The number of esters is 2. The van der Waals surface area contributed by atoms with Crippen molar-refractivity contribution in [3.05, 3.63) is 28.8 Å². The second-order valence-corrected chi connectivity index (χ2v) is 8.61. The first-order valence-corrected chi connectivity index (χ1v) is 11.7. The Labute approximate surface area is 178 Å². The topological polar surface area (TPSA) is 108 Å². The Morgan fingerprint density at radius 3 is 2.20 bits per heavy atom. The van der Waals surface area contributed by atoms with Gasteiger partial charge in [0, 0.05) is 20.0 Å². The highest BCUT2D eigenvalue weighted by molar-refractivity contribution is 7.47.